The molecule has 8 heteroatoms. The van der Waals surface area contributed by atoms with E-state index in [1.807, 2.05) is 6.92 Å². The minimum atomic E-state index is -0.590. The van der Waals surface area contributed by atoms with Gasteiger partial charge in [-0.05, 0) is 37.7 Å². The molecule has 4 rings (SSSR count). The molecule has 3 heterocycles. The highest BCUT2D eigenvalue weighted by molar-refractivity contribution is 7.18. The monoisotopic (exact) mass is 374 g/mol. The van der Waals surface area contributed by atoms with E-state index in [4.69, 9.17) is 0 Å². The standard InChI is InChI=1S/C17H18N4O2S2/c1-2-11(14(22)20-17-18-7-8-24-17)21-9-19-15-13(16(21)23)10-5-3-4-6-12(10)25-15/h7-9,11H,2-6H2,1H3,(H,18,20,22). The fraction of sp³-hybridized carbons (Fsp3) is 0.412. The van der Waals surface area contributed by atoms with Gasteiger partial charge in [-0.1, -0.05) is 6.92 Å². The number of thiophene rings is 1. The van der Waals surface area contributed by atoms with Crippen LogP contribution in [0.5, 0.6) is 0 Å². The van der Waals surface area contributed by atoms with Crippen molar-refractivity contribution in [3.8, 4) is 0 Å². The number of nitrogens with one attached hydrogen (secondary N) is 1. The normalized spacial score (nSPS) is 15.1. The lowest BCUT2D eigenvalue weighted by atomic mass is 9.97. The maximum Gasteiger partial charge on any atom is 0.263 e. The van der Waals surface area contributed by atoms with Gasteiger partial charge in [0.2, 0.25) is 5.91 Å². The van der Waals surface area contributed by atoms with Crippen LogP contribution in [-0.2, 0) is 17.6 Å². The molecular formula is C17H18N4O2S2. The van der Waals surface area contributed by atoms with Gasteiger partial charge in [0.25, 0.3) is 5.56 Å². The van der Waals surface area contributed by atoms with Crippen LogP contribution in [0.1, 0.15) is 42.7 Å². The average Bonchev–Trinajstić information content (AvgIpc) is 3.24. The first kappa shape index (κ1) is 16.4. The van der Waals surface area contributed by atoms with Crippen LogP contribution in [0.15, 0.2) is 22.7 Å². The molecule has 0 aromatic carbocycles. The topological polar surface area (TPSA) is 76.9 Å². The van der Waals surface area contributed by atoms with Crippen LogP contribution in [0.3, 0.4) is 0 Å². The molecule has 1 unspecified atom stereocenters. The lowest BCUT2D eigenvalue weighted by Crippen LogP contribution is -2.33. The van der Waals surface area contributed by atoms with Crippen molar-refractivity contribution in [1.82, 2.24) is 14.5 Å². The Morgan fingerprint density at radius 1 is 1.36 bits per heavy atom. The molecule has 0 aliphatic heterocycles. The van der Waals surface area contributed by atoms with E-state index < -0.39 is 6.04 Å². The zero-order valence-corrected chi connectivity index (χ0v) is 15.5. The summed E-state index contributed by atoms with van der Waals surface area (Å²) in [7, 11) is 0. The molecule has 0 spiro atoms. The molecule has 3 aromatic heterocycles. The number of nitrogens with zero attached hydrogens (tertiary/aromatic N) is 3. The van der Waals surface area contributed by atoms with Crippen molar-refractivity contribution in [2.45, 2.75) is 45.1 Å². The molecule has 25 heavy (non-hydrogen) atoms. The highest BCUT2D eigenvalue weighted by Gasteiger charge is 2.25. The van der Waals surface area contributed by atoms with E-state index in [1.54, 1.807) is 22.9 Å². The van der Waals surface area contributed by atoms with Crippen molar-refractivity contribution in [2.24, 2.45) is 0 Å². The highest BCUT2D eigenvalue weighted by atomic mass is 32.1. The maximum absolute atomic E-state index is 13.1. The molecule has 3 aromatic rings. The molecule has 0 fully saturated rings. The molecule has 6 nitrogen and oxygen atoms in total. The van der Waals surface area contributed by atoms with Crippen molar-refractivity contribution in [1.29, 1.82) is 0 Å². The number of rotatable bonds is 4. The van der Waals surface area contributed by atoms with Crippen LogP contribution in [0.2, 0.25) is 0 Å². The minimum Gasteiger partial charge on any atom is -0.300 e. The summed E-state index contributed by atoms with van der Waals surface area (Å²) in [5.41, 5.74) is 1.04. The zero-order valence-electron chi connectivity index (χ0n) is 13.8. The van der Waals surface area contributed by atoms with Crippen LogP contribution in [0, 0.1) is 0 Å². The second-order valence-corrected chi connectivity index (χ2v) is 8.08. The highest BCUT2D eigenvalue weighted by Crippen LogP contribution is 2.33. The van der Waals surface area contributed by atoms with Crippen LogP contribution in [-0.4, -0.2) is 20.4 Å². The fourth-order valence-electron chi connectivity index (χ4n) is 3.36. The van der Waals surface area contributed by atoms with Crippen molar-refractivity contribution in [3.05, 3.63) is 38.7 Å². The van der Waals surface area contributed by atoms with E-state index >= 15 is 0 Å². The molecule has 0 radical (unpaired) electrons. The van der Waals surface area contributed by atoms with Gasteiger partial charge in [0.15, 0.2) is 5.13 Å². The third-order valence-electron chi connectivity index (χ3n) is 4.59. The number of hydrogen-bond acceptors (Lipinski definition) is 6. The first-order valence-corrected chi connectivity index (χ1v) is 10.1. The third kappa shape index (κ3) is 2.89. The number of carbonyl (C=O) groups excluding carboxylic acids is 1. The molecule has 0 saturated heterocycles. The second-order valence-electron chi connectivity index (χ2n) is 6.10. The largest absolute Gasteiger partial charge is 0.300 e. The molecule has 0 saturated carbocycles. The summed E-state index contributed by atoms with van der Waals surface area (Å²) in [6.45, 7) is 1.89. The fourth-order valence-corrected chi connectivity index (χ4v) is 5.11. The average molecular weight is 374 g/mol. The van der Waals surface area contributed by atoms with Crippen molar-refractivity contribution in [3.63, 3.8) is 0 Å². The van der Waals surface area contributed by atoms with E-state index in [0.29, 0.717) is 16.9 Å². The van der Waals surface area contributed by atoms with Gasteiger partial charge >= 0.3 is 0 Å². The number of aromatic nitrogens is 3. The van der Waals surface area contributed by atoms with E-state index in [2.05, 4.69) is 15.3 Å². The summed E-state index contributed by atoms with van der Waals surface area (Å²) in [5.74, 6) is -0.232. The van der Waals surface area contributed by atoms with E-state index in [-0.39, 0.29) is 11.5 Å². The van der Waals surface area contributed by atoms with Gasteiger partial charge in [-0.15, -0.1) is 22.7 Å². The maximum atomic E-state index is 13.1. The first-order valence-electron chi connectivity index (χ1n) is 8.40. The van der Waals surface area contributed by atoms with Crippen LogP contribution >= 0.6 is 22.7 Å². The Balaban J connectivity index is 1.75. The van der Waals surface area contributed by atoms with Gasteiger partial charge in [0.05, 0.1) is 11.7 Å². The number of amides is 1. The smallest absolute Gasteiger partial charge is 0.263 e. The number of thiazole rings is 1. The Hall–Kier alpha value is -2.06. The Morgan fingerprint density at radius 2 is 2.20 bits per heavy atom. The Kier molecular flexibility index (Phi) is 4.39. The van der Waals surface area contributed by atoms with Crippen LogP contribution in [0.25, 0.3) is 10.2 Å². The third-order valence-corrected chi connectivity index (χ3v) is 6.48. The SMILES string of the molecule is CCC(C(=O)Nc1nccs1)n1cnc2sc3c(c2c1=O)CCCC3. The van der Waals surface area contributed by atoms with Crippen LogP contribution in [0.4, 0.5) is 5.13 Å². The Morgan fingerprint density at radius 3 is 2.96 bits per heavy atom. The van der Waals surface area contributed by atoms with Gasteiger partial charge in [-0.25, -0.2) is 9.97 Å². The Bertz CT molecular complexity index is 975. The van der Waals surface area contributed by atoms with Crippen molar-refractivity contribution >= 4 is 43.9 Å². The summed E-state index contributed by atoms with van der Waals surface area (Å²) in [6, 6.07) is -0.590. The molecule has 1 N–H and O–H groups in total. The molecule has 1 atom stereocenters. The quantitative estimate of drug-likeness (QED) is 0.759. The molecule has 1 aliphatic carbocycles. The lowest BCUT2D eigenvalue weighted by Gasteiger charge is -2.17. The molecule has 1 aliphatic rings. The zero-order chi connectivity index (χ0) is 17.4. The van der Waals surface area contributed by atoms with Gasteiger partial charge < -0.3 is 5.32 Å². The van der Waals surface area contributed by atoms with E-state index in [1.165, 1.54) is 33.5 Å². The van der Waals surface area contributed by atoms with Crippen molar-refractivity contribution < 1.29 is 4.79 Å². The van der Waals surface area contributed by atoms with E-state index in [0.717, 1.165) is 29.7 Å². The van der Waals surface area contributed by atoms with Gasteiger partial charge in [-0.2, -0.15) is 0 Å². The number of carbonyl (C=O) groups is 1. The molecule has 0 bridgehead atoms. The number of anilines is 1. The van der Waals surface area contributed by atoms with E-state index in [9.17, 15) is 9.59 Å². The first-order chi connectivity index (χ1) is 12.2. The lowest BCUT2D eigenvalue weighted by molar-refractivity contribution is -0.119. The number of aryl methyl sites for hydroxylation is 2. The van der Waals surface area contributed by atoms with Gasteiger partial charge in [0.1, 0.15) is 10.9 Å². The molecule has 1 amide bonds. The van der Waals surface area contributed by atoms with Gasteiger partial charge in [-0.3, -0.25) is 14.2 Å². The summed E-state index contributed by atoms with van der Waals surface area (Å²) in [6.07, 6.45) is 7.89. The molecule has 130 valence electrons. The molecular weight excluding hydrogens is 356 g/mol. The van der Waals surface area contributed by atoms with Gasteiger partial charge in [0, 0.05) is 16.5 Å². The predicted octanol–water partition coefficient (Wildman–Crippen LogP) is 3.38. The minimum absolute atomic E-state index is 0.106. The van der Waals surface area contributed by atoms with Crippen molar-refractivity contribution in [2.75, 3.05) is 5.32 Å². The summed E-state index contributed by atoms with van der Waals surface area (Å²) in [5, 5.41) is 5.84. The summed E-state index contributed by atoms with van der Waals surface area (Å²) < 4.78 is 1.48. The number of fused-ring (bicyclic) bond motifs is 3. The number of hydrogen-bond donors (Lipinski definition) is 1. The second kappa shape index (κ2) is 6.68. The Labute approximate surface area is 152 Å². The predicted molar refractivity (Wildman–Crippen MR) is 101 cm³/mol. The summed E-state index contributed by atoms with van der Waals surface area (Å²) >= 11 is 2.98. The summed E-state index contributed by atoms with van der Waals surface area (Å²) in [4.78, 5) is 36.4. The van der Waals surface area contributed by atoms with Crippen LogP contribution < -0.4 is 10.9 Å².